The fourth-order valence-corrected chi connectivity index (χ4v) is 3.00. The van der Waals surface area contributed by atoms with Crippen LogP contribution in [-0.4, -0.2) is 48.1 Å². The molecule has 0 aliphatic carbocycles. The van der Waals surface area contributed by atoms with Crippen LogP contribution in [0.5, 0.6) is 0 Å². The molecular weight excluding hydrogens is 326 g/mol. The molecule has 0 radical (unpaired) electrons. The minimum atomic E-state index is -3.68. The molecule has 0 saturated carbocycles. The van der Waals surface area contributed by atoms with E-state index in [-0.39, 0.29) is 10.9 Å². The molecule has 0 spiro atoms. The maximum atomic E-state index is 11.2. The summed E-state index contributed by atoms with van der Waals surface area (Å²) in [6, 6.07) is 6.51. The fraction of sp³-hybridized carbons (Fsp3) is 0.538. The Balaban J connectivity index is 2.58. The van der Waals surface area contributed by atoms with E-state index in [9.17, 15) is 16.8 Å². The van der Waals surface area contributed by atoms with Gasteiger partial charge in [-0.05, 0) is 44.6 Å². The summed E-state index contributed by atoms with van der Waals surface area (Å²) in [6.07, 6.45) is 1.82. The van der Waals surface area contributed by atoms with Gasteiger partial charge in [-0.2, -0.15) is 0 Å². The van der Waals surface area contributed by atoms with Crippen molar-refractivity contribution in [2.45, 2.75) is 24.3 Å². The van der Waals surface area contributed by atoms with Crippen molar-refractivity contribution in [2.75, 3.05) is 26.4 Å². The first-order chi connectivity index (χ1) is 10.0. The van der Waals surface area contributed by atoms with Crippen molar-refractivity contribution < 1.29 is 16.8 Å². The summed E-state index contributed by atoms with van der Waals surface area (Å²) >= 11 is 0. The highest BCUT2D eigenvalue weighted by Gasteiger charge is 2.13. The molecule has 7 nitrogen and oxygen atoms in total. The molecule has 1 rings (SSSR count). The lowest BCUT2D eigenvalue weighted by Gasteiger charge is -2.25. The molecule has 0 aliphatic heterocycles. The standard InChI is InChI=1S/C13H23N3O4S2/c1-11(16(2)10-4-9-15-21(3,17)18)12-5-7-13(8-6-12)22(14,19)20/h5-8,11,15H,4,9-10H2,1-3H3,(H2,14,19,20). The minimum Gasteiger partial charge on any atom is -0.300 e. The second kappa shape index (κ2) is 7.51. The number of hydrogen-bond donors (Lipinski definition) is 2. The van der Waals surface area contributed by atoms with Gasteiger partial charge in [-0.25, -0.2) is 26.7 Å². The van der Waals surface area contributed by atoms with Gasteiger partial charge in [0.1, 0.15) is 0 Å². The second-order valence-corrected chi connectivity index (χ2v) is 8.69. The third-order valence-electron chi connectivity index (χ3n) is 3.40. The topological polar surface area (TPSA) is 110 Å². The third kappa shape index (κ3) is 6.41. The minimum absolute atomic E-state index is 0.0766. The van der Waals surface area contributed by atoms with Gasteiger partial charge in [-0.3, -0.25) is 4.90 Å². The summed E-state index contributed by atoms with van der Waals surface area (Å²) in [5.41, 5.74) is 0.964. The lowest BCUT2D eigenvalue weighted by molar-refractivity contribution is 0.259. The van der Waals surface area contributed by atoms with Gasteiger partial charge in [0.25, 0.3) is 0 Å². The first kappa shape index (κ1) is 19.0. The van der Waals surface area contributed by atoms with Crippen molar-refractivity contribution in [3.63, 3.8) is 0 Å². The highest BCUT2D eigenvalue weighted by Crippen LogP contribution is 2.20. The fourth-order valence-electron chi connectivity index (χ4n) is 1.97. The van der Waals surface area contributed by atoms with Crippen LogP contribution in [0.15, 0.2) is 29.2 Å². The largest absolute Gasteiger partial charge is 0.300 e. The van der Waals surface area contributed by atoms with Gasteiger partial charge >= 0.3 is 0 Å². The van der Waals surface area contributed by atoms with Gasteiger partial charge in [0, 0.05) is 12.6 Å². The summed E-state index contributed by atoms with van der Waals surface area (Å²) in [5, 5.41) is 5.06. The molecule has 0 aliphatic rings. The SMILES string of the molecule is CC(c1ccc(S(N)(=O)=O)cc1)N(C)CCCNS(C)(=O)=O. The molecule has 0 aromatic heterocycles. The molecule has 126 valence electrons. The van der Waals surface area contributed by atoms with Crippen LogP contribution in [0, 0.1) is 0 Å². The normalized spacial score (nSPS) is 14.2. The average molecular weight is 349 g/mol. The average Bonchev–Trinajstić information content (AvgIpc) is 2.40. The van der Waals surface area contributed by atoms with Crippen molar-refractivity contribution >= 4 is 20.0 Å². The molecule has 0 bridgehead atoms. The van der Waals surface area contributed by atoms with Crippen molar-refractivity contribution in [3.8, 4) is 0 Å². The van der Waals surface area contributed by atoms with E-state index in [2.05, 4.69) is 9.62 Å². The maximum Gasteiger partial charge on any atom is 0.238 e. The third-order valence-corrected chi connectivity index (χ3v) is 5.06. The van der Waals surface area contributed by atoms with Crippen LogP contribution >= 0.6 is 0 Å². The summed E-state index contributed by atoms with van der Waals surface area (Å²) in [7, 11) is -4.90. The van der Waals surface area contributed by atoms with Gasteiger partial charge in [0.05, 0.1) is 11.2 Å². The predicted octanol–water partition coefficient (Wildman–Crippen LogP) is 0.266. The first-order valence-corrected chi connectivity index (χ1v) is 10.2. The zero-order valence-electron chi connectivity index (χ0n) is 13.0. The zero-order valence-corrected chi connectivity index (χ0v) is 14.6. The molecule has 1 unspecified atom stereocenters. The molecule has 3 N–H and O–H groups in total. The molecule has 1 atom stereocenters. The number of hydrogen-bond acceptors (Lipinski definition) is 5. The Hall–Kier alpha value is -1.00. The van der Waals surface area contributed by atoms with Crippen LogP contribution in [0.4, 0.5) is 0 Å². The van der Waals surface area contributed by atoms with Crippen molar-refractivity contribution in [1.29, 1.82) is 0 Å². The van der Waals surface area contributed by atoms with Crippen molar-refractivity contribution in [3.05, 3.63) is 29.8 Å². The zero-order chi connectivity index (χ0) is 17.0. The summed E-state index contributed by atoms with van der Waals surface area (Å²) in [6.45, 7) is 3.09. The monoisotopic (exact) mass is 349 g/mol. The molecule has 9 heteroatoms. The van der Waals surface area contributed by atoms with E-state index in [1.165, 1.54) is 12.1 Å². The number of rotatable bonds is 8. The Bertz CT molecular complexity index is 685. The van der Waals surface area contributed by atoms with E-state index >= 15 is 0 Å². The van der Waals surface area contributed by atoms with Crippen LogP contribution in [0.3, 0.4) is 0 Å². The van der Waals surface area contributed by atoms with Crippen LogP contribution in [0.1, 0.15) is 24.9 Å². The quantitative estimate of drug-likeness (QED) is 0.655. The highest BCUT2D eigenvalue weighted by molar-refractivity contribution is 7.89. The second-order valence-electron chi connectivity index (χ2n) is 5.29. The van der Waals surface area contributed by atoms with E-state index in [1.54, 1.807) is 12.1 Å². The molecule has 22 heavy (non-hydrogen) atoms. The Morgan fingerprint density at radius 2 is 1.73 bits per heavy atom. The lowest BCUT2D eigenvalue weighted by Crippen LogP contribution is -2.29. The lowest BCUT2D eigenvalue weighted by atomic mass is 10.1. The molecular formula is C13H23N3O4S2. The van der Waals surface area contributed by atoms with Crippen LogP contribution in [-0.2, 0) is 20.0 Å². The van der Waals surface area contributed by atoms with E-state index in [0.29, 0.717) is 19.5 Å². The predicted molar refractivity (Wildman–Crippen MR) is 86.3 cm³/mol. The number of nitrogens with one attached hydrogen (secondary N) is 1. The van der Waals surface area contributed by atoms with Crippen LogP contribution in [0.25, 0.3) is 0 Å². The summed E-state index contributed by atoms with van der Waals surface area (Å²) < 4.78 is 46.8. The van der Waals surface area contributed by atoms with Gasteiger partial charge in [-0.1, -0.05) is 12.1 Å². The highest BCUT2D eigenvalue weighted by atomic mass is 32.2. The molecule has 0 fully saturated rings. The van der Waals surface area contributed by atoms with Gasteiger partial charge in [0.15, 0.2) is 0 Å². The molecule has 0 saturated heterocycles. The molecule has 1 aromatic carbocycles. The van der Waals surface area contributed by atoms with E-state index < -0.39 is 20.0 Å². The Morgan fingerprint density at radius 3 is 2.18 bits per heavy atom. The number of nitrogens with zero attached hydrogens (tertiary/aromatic N) is 1. The van der Waals surface area contributed by atoms with E-state index in [1.807, 2.05) is 14.0 Å². The Morgan fingerprint density at radius 1 is 1.18 bits per heavy atom. The smallest absolute Gasteiger partial charge is 0.238 e. The van der Waals surface area contributed by atoms with Gasteiger partial charge in [0.2, 0.25) is 20.0 Å². The maximum absolute atomic E-state index is 11.2. The molecule has 1 aromatic rings. The van der Waals surface area contributed by atoms with Crippen LogP contribution < -0.4 is 9.86 Å². The number of benzene rings is 1. The number of sulfonamides is 2. The first-order valence-electron chi connectivity index (χ1n) is 6.78. The van der Waals surface area contributed by atoms with Gasteiger partial charge < -0.3 is 0 Å². The summed E-state index contributed by atoms with van der Waals surface area (Å²) in [5.74, 6) is 0. The number of primary sulfonamides is 1. The molecule has 0 heterocycles. The number of nitrogens with two attached hydrogens (primary N) is 1. The van der Waals surface area contributed by atoms with Crippen molar-refractivity contribution in [1.82, 2.24) is 9.62 Å². The summed E-state index contributed by atoms with van der Waals surface area (Å²) in [4.78, 5) is 2.15. The Kier molecular flexibility index (Phi) is 6.50. The van der Waals surface area contributed by atoms with Crippen molar-refractivity contribution in [2.24, 2.45) is 5.14 Å². The Labute approximate surface area is 132 Å². The van der Waals surface area contributed by atoms with Gasteiger partial charge in [-0.15, -0.1) is 0 Å². The van der Waals surface area contributed by atoms with Crippen LogP contribution in [0.2, 0.25) is 0 Å². The van der Waals surface area contributed by atoms with E-state index in [4.69, 9.17) is 5.14 Å². The molecule has 0 amide bonds. The van der Waals surface area contributed by atoms with E-state index in [0.717, 1.165) is 11.8 Å².